The van der Waals surface area contributed by atoms with Crippen LogP contribution in [-0.2, 0) is 46.5 Å². The van der Waals surface area contributed by atoms with Crippen LogP contribution in [0.1, 0.15) is 101 Å². The molecule has 0 aromatic heterocycles. The van der Waals surface area contributed by atoms with Crippen molar-refractivity contribution in [2.24, 2.45) is 0 Å². The van der Waals surface area contributed by atoms with E-state index in [9.17, 15) is 32.8 Å². The lowest BCUT2D eigenvalue weighted by atomic mass is 9.96. The van der Waals surface area contributed by atoms with E-state index >= 15 is 0 Å². The van der Waals surface area contributed by atoms with E-state index in [-0.39, 0.29) is 12.8 Å². The second-order valence-corrected chi connectivity index (χ2v) is 15.9. The molecule has 0 saturated carbocycles. The largest absolute Gasteiger partial charge is 0.457 e. The molecule has 1 amide bonds. The Morgan fingerprint density at radius 1 is 0.643 bits per heavy atom. The monoisotopic (exact) mass is 791 g/mol. The van der Waals surface area contributed by atoms with Gasteiger partial charge in [0.2, 0.25) is 5.91 Å². The summed E-state index contributed by atoms with van der Waals surface area (Å²) in [5.74, 6) is -1.15. The number of hydrogen-bond donors (Lipinski definition) is 4. The van der Waals surface area contributed by atoms with Crippen molar-refractivity contribution >= 4 is 43.8 Å². The number of nitrogens with one attached hydrogen (secondary N) is 1. The van der Waals surface area contributed by atoms with Crippen LogP contribution < -0.4 is 5.32 Å². The molecule has 0 bridgehead atoms. The van der Waals surface area contributed by atoms with E-state index in [2.05, 4.69) is 78.1 Å². The Kier molecular flexibility index (Phi) is 17.1. The first kappa shape index (κ1) is 43.2. The molecule has 1 aliphatic rings. The number of aliphatic hydroxyl groups excluding tert-OH is 2. The molecular weight excluding hydrogens is 735 g/mol. The van der Waals surface area contributed by atoms with Crippen LogP contribution in [0.3, 0.4) is 0 Å². The average molecular weight is 792 g/mol. The molecule has 4 N–H and O–H groups in total. The molecule has 1 heterocycles. The zero-order valence-electron chi connectivity index (χ0n) is 32.1. The standard InChI is InChI=1S/C44H57NO10S/c46-31-38-42(55-56(50,51)52)43(54-40(48)30-12-8-4-2-6-10-20-33-24-18-26-35-22-14-16-28-37(33)35)41(44(49)53-38)45-39(47)29-11-7-3-1-5-9-19-32-23-17-25-34-21-13-15-27-36(32)34/h13-18,21-28,38,41-44,46,49H,1-12,19-20,29-31H2,(H,45,47)(H,50,51,52)/t38-,41-,42-,43-,44?/m1/s1. The highest BCUT2D eigenvalue weighted by molar-refractivity contribution is 7.80. The second-order valence-electron chi connectivity index (χ2n) is 14.8. The molecule has 0 aliphatic carbocycles. The fourth-order valence-corrected chi connectivity index (χ4v) is 8.22. The molecule has 5 rings (SSSR count). The summed E-state index contributed by atoms with van der Waals surface area (Å²) in [4.78, 5) is 26.0. The first-order chi connectivity index (χ1) is 27.1. The number of ether oxygens (including phenoxy) is 2. The third-order valence-corrected chi connectivity index (χ3v) is 11.1. The molecule has 1 saturated heterocycles. The van der Waals surface area contributed by atoms with Gasteiger partial charge in [0.05, 0.1) is 6.61 Å². The maximum absolute atomic E-state index is 13.0. The van der Waals surface area contributed by atoms with Gasteiger partial charge < -0.3 is 25.0 Å². The maximum atomic E-state index is 13.0. The van der Waals surface area contributed by atoms with Gasteiger partial charge in [0, 0.05) is 12.8 Å². The van der Waals surface area contributed by atoms with Gasteiger partial charge in [-0.2, -0.15) is 8.42 Å². The topological polar surface area (TPSA) is 169 Å². The molecule has 12 heteroatoms. The molecule has 0 spiro atoms. The van der Waals surface area contributed by atoms with Crippen LogP contribution in [0.25, 0.3) is 21.5 Å². The van der Waals surface area contributed by atoms with Gasteiger partial charge in [-0.25, -0.2) is 4.18 Å². The Labute approximate surface area is 330 Å². The third-order valence-electron chi connectivity index (χ3n) is 10.6. The van der Waals surface area contributed by atoms with Gasteiger partial charge >= 0.3 is 16.4 Å². The van der Waals surface area contributed by atoms with E-state index < -0.39 is 59.5 Å². The van der Waals surface area contributed by atoms with Gasteiger partial charge in [-0.05, 0) is 71.2 Å². The summed E-state index contributed by atoms with van der Waals surface area (Å²) in [6.07, 6.45) is 6.49. The number of aryl methyl sites for hydroxylation is 2. The van der Waals surface area contributed by atoms with E-state index in [1.807, 2.05) is 12.1 Å². The molecular formula is C44H57NO10S. The Hall–Kier alpha value is -3.91. The Morgan fingerprint density at radius 3 is 1.66 bits per heavy atom. The van der Waals surface area contributed by atoms with Gasteiger partial charge in [-0.3, -0.25) is 14.1 Å². The molecule has 1 aliphatic heterocycles. The van der Waals surface area contributed by atoms with Crippen molar-refractivity contribution in [1.82, 2.24) is 5.32 Å². The highest BCUT2D eigenvalue weighted by Crippen LogP contribution is 2.28. The van der Waals surface area contributed by atoms with Crippen molar-refractivity contribution in [3.05, 3.63) is 96.1 Å². The van der Waals surface area contributed by atoms with Crippen LogP contribution in [-0.4, -0.2) is 72.3 Å². The van der Waals surface area contributed by atoms with Crippen LogP contribution in [0.15, 0.2) is 84.9 Å². The van der Waals surface area contributed by atoms with Crippen LogP contribution >= 0.6 is 0 Å². The Bertz CT molecular complexity index is 1940. The summed E-state index contributed by atoms with van der Waals surface area (Å²) in [5, 5.41) is 28.3. The predicted octanol–water partition coefficient (Wildman–Crippen LogP) is 7.53. The number of hydrogen-bond acceptors (Lipinski definition) is 9. The van der Waals surface area contributed by atoms with Crippen molar-refractivity contribution in [2.45, 2.75) is 133 Å². The normalized spacial score (nSPS) is 19.9. The second kappa shape index (κ2) is 22.1. The van der Waals surface area contributed by atoms with E-state index in [4.69, 9.17) is 13.7 Å². The lowest BCUT2D eigenvalue weighted by molar-refractivity contribution is -0.254. The Morgan fingerprint density at radius 2 is 1.12 bits per heavy atom. The number of benzene rings is 4. The SMILES string of the molecule is O=C(CCCCCCCCc1cccc2ccccc12)N[C@H]1C(O)O[C@H](CO)[C@@H](OS(=O)(=O)O)[C@@H]1OC(=O)CCCCCCCCc1cccc2ccccc12. The van der Waals surface area contributed by atoms with Gasteiger partial charge in [0.1, 0.15) is 18.2 Å². The number of amides is 1. The lowest BCUT2D eigenvalue weighted by Crippen LogP contribution is -2.66. The van der Waals surface area contributed by atoms with E-state index in [1.165, 1.54) is 32.7 Å². The van der Waals surface area contributed by atoms with Gasteiger partial charge in [0.15, 0.2) is 12.4 Å². The predicted molar refractivity (Wildman–Crippen MR) is 216 cm³/mol. The number of unbranched alkanes of at least 4 members (excludes halogenated alkanes) is 10. The van der Waals surface area contributed by atoms with Crippen LogP contribution in [0, 0.1) is 0 Å². The molecule has 0 radical (unpaired) electrons. The molecule has 304 valence electrons. The first-order valence-electron chi connectivity index (χ1n) is 20.1. The van der Waals surface area contributed by atoms with Crippen LogP contribution in [0.2, 0.25) is 0 Å². The summed E-state index contributed by atoms with van der Waals surface area (Å²) in [6, 6.07) is 28.2. The smallest absolute Gasteiger partial charge is 0.397 e. The quantitative estimate of drug-likeness (QED) is 0.0335. The summed E-state index contributed by atoms with van der Waals surface area (Å²) in [6.45, 7) is -0.811. The highest BCUT2D eigenvalue weighted by atomic mass is 32.3. The minimum absolute atomic E-state index is 0.00838. The molecule has 1 fully saturated rings. The molecule has 56 heavy (non-hydrogen) atoms. The lowest BCUT2D eigenvalue weighted by Gasteiger charge is -2.43. The molecule has 11 nitrogen and oxygen atoms in total. The minimum atomic E-state index is -5.10. The summed E-state index contributed by atoms with van der Waals surface area (Å²) in [5.41, 5.74) is 2.69. The summed E-state index contributed by atoms with van der Waals surface area (Å²) < 4.78 is 48.8. The van der Waals surface area contributed by atoms with Crippen molar-refractivity contribution in [2.75, 3.05) is 6.61 Å². The molecule has 4 aromatic carbocycles. The van der Waals surface area contributed by atoms with Crippen molar-refractivity contribution in [3.63, 3.8) is 0 Å². The van der Waals surface area contributed by atoms with Crippen LogP contribution in [0.4, 0.5) is 0 Å². The van der Waals surface area contributed by atoms with Crippen LogP contribution in [0.5, 0.6) is 0 Å². The number of rotatable bonds is 23. The Balaban J connectivity index is 1.03. The van der Waals surface area contributed by atoms with E-state index in [0.29, 0.717) is 12.8 Å². The molecule has 1 unspecified atom stereocenters. The fraction of sp³-hybridized carbons (Fsp3) is 0.500. The van der Waals surface area contributed by atoms with E-state index in [1.54, 1.807) is 0 Å². The molecule has 4 aromatic rings. The fourth-order valence-electron chi connectivity index (χ4n) is 7.71. The number of aliphatic hydroxyl groups is 2. The van der Waals surface area contributed by atoms with E-state index in [0.717, 1.165) is 77.0 Å². The van der Waals surface area contributed by atoms with Crippen molar-refractivity contribution < 1.29 is 46.4 Å². The summed E-state index contributed by atoms with van der Waals surface area (Å²) >= 11 is 0. The highest BCUT2D eigenvalue weighted by Gasteiger charge is 2.50. The molecule has 5 atom stereocenters. The van der Waals surface area contributed by atoms with Gasteiger partial charge in [-0.1, -0.05) is 136 Å². The summed E-state index contributed by atoms with van der Waals surface area (Å²) in [7, 11) is -5.10. The van der Waals surface area contributed by atoms with Gasteiger partial charge in [-0.15, -0.1) is 0 Å². The maximum Gasteiger partial charge on any atom is 0.397 e. The van der Waals surface area contributed by atoms with Gasteiger partial charge in [0.25, 0.3) is 0 Å². The zero-order valence-corrected chi connectivity index (χ0v) is 32.9. The minimum Gasteiger partial charge on any atom is -0.457 e. The van der Waals surface area contributed by atoms with Crippen molar-refractivity contribution in [1.29, 1.82) is 0 Å². The first-order valence-corrected chi connectivity index (χ1v) is 21.5. The number of carbonyl (C=O) groups excluding carboxylic acids is 2. The average Bonchev–Trinajstić information content (AvgIpc) is 3.18. The van der Waals surface area contributed by atoms with Crippen molar-refractivity contribution in [3.8, 4) is 0 Å². The zero-order chi connectivity index (χ0) is 39.8. The number of carbonyl (C=O) groups is 2. The number of esters is 1. The third kappa shape index (κ3) is 13.3. The number of fused-ring (bicyclic) bond motifs is 2.